The number of nitrogens with one attached hydrogen (secondary N) is 1. The second kappa shape index (κ2) is 13.5. The highest BCUT2D eigenvalue weighted by molar-refractivity contribution is 7.99. The molecular weight excluding hydrogens is 615 g/mol. The molecule has 5 heterocycles. The average molecular weight is 657 g/mol. The number of thioether (sulfide) groups is 1. The van der Waals surface area contributed by atoms with Crippen molar-refractivity contribution in [1.29, 1.82) is 0 Å². The molecule has 0 radical (unpaired) electrons. The van der Waals surface area contributed by atoms with Crippen LogP contribution in [-0.4, -0.2) is 112 Å². The minimum atomic E-state index is -4.55. The monoisotopic (exact) mass is 656 g/mol. The lowest BCUT2D eigenvalue weighted by molar-refractivity contribution is -0.139. The molecule has 0 aliphatic carbocycles. The molecule has 2 N–H and O–H groups in total. The summed E-state index contributed by atoms with van der Waals surface area (Å²) in [7, 11) is 0. The number of nitrogens with zero attached hydrogens (tertiary/aromatic N) is 5. The van der Waals surface area contributed by atoms with Gasteiger partial charge in [-0.2, -0.15) is 18.3 Å². The second-order valence-corrected chi connectivity index (χ2v) is 13.8. The van der Waals surface area contributed by atoms with E-state index < -0.39 is 23.8 Å². The van der Waals surface area contributed by atoms with E-state index in [0.717, 1.165) is 74.5 Å². The summed E-state index contributed by atoms with van der Waals surface area (Å²) in [5, 5.41) is 19.2. The first-order valence-electron chi connectivity index (χ1n) is 15.9. The quantitative estimate of drug-likeness (QED) is 0.295. The van der Waals surface area contributed by atoms with E-state index in [0.29, 0.717) is 37.2 Å². The van der Waals surface area contributed by atoms with Crippen LogP contribution < -0.4 is 5.32 Å². The average Bonchev–Trinajstić information content (AvgIpc) is 3.69. The molecule has 1 aromatic heterocycles. The van der Waals surface area contributed by atoms with Crippen molar-refractivity contribution in [3.05, 3.63) is 35.0 Å². The Hall–Kier alpha value is -2.26. The van der Waals surface area contributed by atoms with Crippen molar-refractivity contribution in [3.8, 4) is 11.3 Å². The Bertz CT molecular complexity index is 1360. The molecule has 248 valence electrons. The summed E-state index contributed by atoms with van der Waals surface area (Å²) < 4.78 is 70.8. The minimum Gasteiger partial charge on any atom is -0.390 e. The number of carbonyl (C=O) groups excluding carboxylic acids is 1. The topological polar surface area (TPSA) is 76.9 Å². The van der Waals surface area contributed by atoms with Crippen LogP contribution in [0, 0.1) is 0 Å². The standard InChI is InChI=1S/C31H41F5N6O2S/c32-30(33)8-13-40(20-30)14-15-45-27-16-21(3-4-25(27)31(34,35)36)29-24-17-37-9-5-26(24)42(38-29)19-23(43)18-39-11-6-22(7-12-39)41-10-1-2-28(41)44/h3-4,16,22-23,37,43H,1-2,5-15,17-20H2. The van der Waals surface area contributed by atoms with Gasteiger partial charge in [-0.3, -0.25) is 14.4 Å². The SMILES string of the molecule is O=C1CCCN1C1CCN(CC(O)Cn2nc(-c3ccc(C(F)(F)F)c(SCCN4CCC(F)(F)C4)c3)c3c2CCNC3)CC1. The number of likely N-dealkylation sites (tertiary alicyclic amines) is 3. The summed E-state index contributed by atoms with van der Waals surface area (Å²) in [4.78, 5) is 18.0. The highest BCUT2D eigenvalue weighted by atomic mass is 32.2. The van der Waals surface area contributed by atoms with Crippen molar-refractivity contribution in [1.82, 2.24) is 29.8 Å². The summed E-state index contributed by atoms with van der Waals surface area (Å²) in [6.07, 6.45) is -1.42. The lowest BCUT2D eigenvalue weighted by Crippen LogP contribution is -2.47. The fraction of sp³-hybridized carbons (Fsp3) is 0.677. The van der Waals surface area contributed by atoms with Gasteiger partial charge in [-0.05, 0) is 31.4 Å². The lowest BCUT2D eigenvalue weighted by atomic mass is 10.0. The minimum absolute atomic E-state index is 0.0529. The number of piperidine rings is 1. The van der Waals surface area contributed by atoms with E-state index >= 15 is 0 Å². The number of aliphatic hydroxyl groups is 1. The summed E-state index contributed by atoms with van der Waals surface area (Å²) in [6.45, 7) is 4.63. The number of benzene rings is 1. The van der Waals surface area contributed by atoms with Gasteiger partial charge in [0.05, 0.1) is 30.5 Å². The van der Waals surface area contributed by atoms with Gasteiger partial charge < -0.3 is 20.2 Å². The number of aliphatic hydroxyl groups excluding tert-OH is 1. The lowest BCUT2D eigenvalue weighted by Gasteiger charge is -2.37. The predicted octanol–water partition coefficient (Wildman–Crippen LogP) is 4.10. The number of alkyl halides is 5. The summed E-state index contributed by atoms with van der Waals surface area (Å²) in [5.41, 5.74) is 2.29. The third-order valence-electron chi connectivity index (χ3n) is 9.44. The van der Waals surface area contributed by atoms with Crippen LogP contribution in [0.2, 0.25) is 0 Å². The Labute approximate surface area is 264 Å². The van der Waals surface area contributed by atoms with Crippen LogP contribution in [0.4, 0.5) is 22.0 Å². The zero-order chi connectivity index (χ0) is 31.8. The number of amides is 1. The number of aromatic nitrogens is 2. The number of hydrogen-bond acceptors (Lipinski definition) is 7. The van der Waals surface area contributed by atoms with Gasteiger partial charge in [-0.15, -0.1) is 11.8 Å². The van der Waals surface area contributed by atoms with Crippen LogP contribution in [0.1, 0.15) is 48.9 Å². The number of fused-ring (bicyclic) bond motifs is 1. The van der Waals surface area contributed by atoms with Crippen LogP contribution in [-0.2, 0) is 30.5 Å². The van der Waals surface area contributed by atoms with Gasteiger partial charge in [-0.25, -0.2) is 8.78 Å². The second-order valence-electron chi connectivity index (χ2n) is 12.7. The normalized spacial score (nSPS) is 22.4. The molecule has 2 aromatic rings. The van der Waals surface area contributed by atoms with Gasteiger partial charge >= 0.3 is 6.18 Å². The highest BCUT2D eigenvalue weighted by Crippen LogP contribution is 2.40. The number of halogens is 5. The zero-order valence-corrected chi connectivity index (χ0v) is 26.1. The molecule has 1 atom stereocenters. The maximum atomic E-state index is 13.9. The molecule has 0 bridgehead atoms. The largest absolute Gasteiger partial charge is 0.417 e. The van der Waals surface area contributed by atoms with Gasteiger partial charge in [0.2, 0.25) is 5.91 Å². The summed E-state index contributed by atoms with van der Waals surface area (Å²) in [6, 6.07) is 4.32. The first kappa shape index (κ1) is 32.7. The van der Waals surface area contributed by atoms with Gasteiger partial charge in [0.25, 0.3) is 5.92 Å². The van der Waals surface area contributed by atoms with Crippen LogP contribution in [0.3, 0.4) is 0 Å². The fourth-order valence-corrected chi connectivity index (χ4v) is 8.25. The van der Waals surface area contributed by atoms with Crippen molar-refractivity contribution in [3.63, 3.8) is 0 Å². The molecule has 14 heteroatoms. The van der Waals surface area contributed by atoms with E-state index in [2.05, 4.69) is 10.2 Å². The summed E-state index contributed by atoms with van der Waals surface area (Å²) >= 11 is 1.03. The molecular formula is C31H41F5N6O2S. The molecule has 3 fully saturated rings. The van der Waals surface area contributed by atoms with E-state index in [4.69, 9.17) is 5.10 Å². The van der Waals surface area contributed by atoms with Crippen LogP contribution >= 0.6 is 11.8 Å². The fourth-order valence-electron chi connectivity index (χ4n) is 7.13. The van der Waals surface area contributed by atoms with E-state index in [1.165, 1.54) is 12.1 Å². The van der Waals surface area contributed by atoms with Crippen molar-refractivity contribution in [2.45, 2.75) is 80.8 Å². The molecule has 8 nitrogen and oxygen atoms in total. The molecule has 4 aliphatic heterocycles. The first-order valence-corrected chi connectivity index (χ1v) is 16.9. The van der Waals surface area contributed by atoms with Crippen LogP contribution in [0.5, 0.6) is 0 Å². The highest BCUT2D eigenvalue weighted by Gasteiger charge is 2.38. The van der Waals surface area contributed by atoms with E-state index in [9.17, 15) is 31.9 Å². The Kier molecular flexibility index (Phi) is 9.77. The van der Waals surface area contributed by atoms with Crippen molar-refractivity contribution in [2.24, 2.45) is 0 Å². The van der Waals surface area contributed by atoms with Gasteiger partial charge in [0, 0.05) is 105 Å². The molecule has 4 aliphatic rings. The van der Waals surface area contributed by atoms with Gasteiger partial charge in [0.1, 0.15) is 0 Å². The maximum Gasteiger partial charge on any atom is 0.417 e. The Balaban J connectivity index is 1.14. The number of carbonyl (C=O) groups is 1. The van der Waals surface area contributed by atoms with Crippen LogP contribution in [0.25, 0.3) is 11.3 Å². The third kappa shape index (κ3) is 7.66. The zero-order valence-electron chi connectivity index (χ0n) is 25.3. The van der Waals surface area contributed by atoms with E-state index in [1.54, 1.807) is 4.90 Å². The Morgan fingerprint density at radius 3 is 2.58 bits per heavy atom. The van der Waals surface area contributed by atoms with Crippen molar-refractivity contribution >= 4 is 17.7 Å². The summed E-state index contributed by atoms with van der Waals surface area (Å²) in [5.74, 6) is -2.24. The molecule has 6 rings (SSSR count). The smallest absolute Gasteiger partial charge is 0.390 e. The molecule has 1 amide bonds. The number of rotatable bonds is 10. The Morgan fingerprint density at radius 1 is 1.09 bits per heavy atom. The van der Waals surface area contributed by atoms with Gasteiger partial charge in [-0.1, -0.05) is 6.07 Å². The molecule has 3 saturated heterocycles. The third-order valence-corrected chi connectivity index (χ3v) is 10.5. The maximum absolute atomic E-state index is 13.9. The number of β-amino-alcohol motifs (C(OH)–C–C–N with tert-alkyl or cyclic N) is 1. The van der Waals surface area contributed by atoms with E-state index in [-0.39, 0.29) is 55.2 Å². The molecule has 1 unspecified atom stereocenters. The molecule has 1 aromatic carbocycles. The van der Waals surface area contributed by atoms with E-state index in [1.807, 2.05) is 9.58 Å². The van der Waals surface area contributed by atoms with Crippen molar-refractivity contribution < 1.29 is 31.9 Å². The van der Waals surface area contributed by atoms with Gasteiger partial charge in [0.15, 0.2) is 0 Å². The molecule has 0 spiro atoms. The number of hydrogen-bond donors (Lipinski definition) is 2. The first-order chi connectivity index (χ1) is 21.5. The van der Waals surface area contributed by atoms with Crippen molar-refractivity contribution in [2.75, 3.05) is 58.1 Å². The molecule has 0 saturated carbocycles. The predicted molar refractivity (Wildman–Crippen MR) is 161 cm³/mol. The molecule has 45 heavy (non-hydrogen) atoms. The Morgan fingerprint density at radius 2 is 1.89 bits per heavy atom. The van der Waals surface area contributed by atoms with Crippen LogP contribution in [0.15, 0.2) is 23.1 Å².